The predicted octanol–water partition coefficient (Wildman–Crippen LogP) is 3.98. The summed E-state index contributed by atoms with van der Waals surface area (Å²) >= 11 is 1.37. The number of halogens is 1. The standard InChI is InChI=1S/C21H18FN5OS/c22-15-5-2-1-4-14(15)12-29-21-25-20-24-16-6-3-7-17(28)18(16)19(27(20)26-21)13-8-10-23-11-9-13/h1-2,4-6,8-11,18-19H,3,7,12H2,(H,24,25,26). The maximum Gasteiger partial charge on any atom is 0.227 e. The maximum absolute atomic E-state index is 13.9. The molecule has 1 aromatic carbocycles. The monoisotopic (exact) mass is 407 g/mol. The van der Waals surface area contributed by atoms with Crippen LogP contribution in [0.4, 0.5) is 10.3 Å². The van der Waals surface area contributed by atoms with Crippen LogP contribution in [0.1, 0.15) is 30.0 Å². The van der Waals surface area contributed by atoms with Crippen LogP contribution in [-0.2, 0) is 10.5 Å². The molecule has 0 bridgehead atoms. The number of carbonyl (C=O) groups excluding carboxylic acids is 1. The maximum atomic E-state index is 13.9. The molecule has 3 heterocycles. The number of hydrogen-bond acceptors (Lipinski definition) is 6. The van der Waals surface area contributed by atoms with Gasteiger partial charge in [-0.15, -0.1) is 5.10 Å². The summed E-state index contributed by atoms with van der Waals surface area (Å²) in [4.78, 5) is 21.5. The van der Waals surface area contributed by atoms with Crippen molar-refractivity contribution in [3.05, 3.63) is 77.5 Å². The quantitative estimate of drug-likeness (QED) is 0.660. The van der Waals surface area contributed by atoms with Gasteiger partial charge in [-0.2, -0.15) is 4.98 Å². The van der Waals surface area contributed by atoms with Crippen molar-refractivity contribution in [3.63, 3.8) is 0 Å². The van der Waals surface area contributed by atoms with Crippen LogP contribution >= 0.6 is 11.8 Å². The summed E-state index contributed by atoms with van der Waals surface area (Å²) in [5, 5.41) is 8.49. The van der Waals surface area contributed by atoms with E-state index in [4.69, 9.17) is 0 Å². The highest BCUT2D eigenvalue weighted by molar-refractivity contribution is 7.98. The van der Waals surface area contributed by atoms with Crippen LogP contribution in [0.3, 0.4) is 0 Å². The summed E-state index contributed by atoms with van der Waals surface area (Å²) in [5.74, 6) is 0.669. The Morgan fingerprint density at radius 1 is 1.21 bits per heavy atom. The van der Waals surface area contributed by atoms with E-state index in [1.54, 1.807) is 29.2 Å². The van der Waals surface area contributed by atoms with E-state index in [0.717, 1.165) is 17.7 Å². The SMILES string of the molecule is O=C1CCC=C2Nc3nc(SCc4ccccc4F)nn3C(c3ccncc3)C12. The van der Waals surface area contributed by atoms with Crippen LogP contribution in [0.25, 0.3) is 0 Å². The Kier molecular flexibility index (Phi) is 4.63. The summed E-state index contributed by atoms with van der Waals surface area (Å²) in [6.45, 7) is 0. The Labute approximate surface area is 171 Å². The number of anilines is 1. The fourth-order valence-corrected chi connectivity index (χ4v) is 4.68. The molecule has 2 aromatic heterocycles. The van der Waals surface area contributed by atoms with Crippen molar-refractivity contribution in [1.82, 2.24) is 19.7 Å². The van der Waals surface area contributed by atoms with E-state index in [1.807, 2.05) is 18.2 Å². The van der Waals surface area contributed by atoms with E-state index in [2.05, 4.69) is 26.5 Å². The molecule has 5 rings (SSSR count). The lowest BCUT2D eigenvalue weighted by molar-refractivity contribution is -0.123. The van der Waals surface area contributed by atoms with Gasteiger partial charge in [0.15, 0.2) is 0 Å². The molecule has 146 valence electrons. The van der Waals surface area contributed by atoms with Gasteiger partial charge in [0.2, 0.25) is 11.1 Å². The lowest BCUT2D eigenvalue weighted by Crippen LogP contribution is -2.38. The van der Waals surface area contributed by atoms with E-state index in [1.165, 1.54) is 17.8 Å². The topological polar surface area (TPSA) is 72.7 Å². The molecule has 0 fully saturated rings. The number of nitrogens with zero attached hydrogens (tertiary/aromatic N) is 4. The van der Waals surface area contributed by atoms with Crippen molar-refractivity contribution in [2.24, 2.45) is 5.92 Å². The van der Waals surface area contributed by atoms with Gasteiger partial charge in [-0.1, -0.05) is 36.0 Å². The van der Waals surface area contributed by atoms with Crippen LogP contribution in [0.15, 0.2) is 65.7 Å². The van der Waals surface area contributed by atoms with Gasteiger partial charge < -0.3 is 5.32 Å². The van der Waals surface area contributed by atoms with Gasteiger partial charge in [-0.05, 0) is 35.7 Å². The van der Waals surface area contributed by atoms with Crippen LogP contribution in [0, 0.1) is 11.7 Å². The molecule has 29 heavy (non-hydrogen) atoms. The molecule has 1 aliphatic carbocycles. The van der Waals surface area contributed by atoms with Crippen LogP contribution < -0.4 is 5.32 Å². The number of carbonyl (C=O) groups is 1. The summed E-state index contributed by atoms with van der Waals surface area (Å²) < 4.78 is 15.7. The smallest absolute Gasteiger partial charge is 0.227 e. The van der Waals surface area contributed by atoms with E-state index >= 15 is 0 Å². The number of nitrogens with one attached hydrogen (secondary N) is 1. The molecule has 6 nitrogen and oxygen atoms in total. The van der Waals surface area contributed by atoms with E-state index in [-0.39, 0.29) is 23.6 Å². The minimum Gasteiger partial charge on any atom is -0.328 e. The number of aromatic nitrogens is 4. The number of allylic oxidation sites excluding steroid dienone is 2. The first kappa shape index (κ1) is 18.1. The Morgan fingerprint density at radius 3 is 2.86 bits per heavy atom. The fraction of sp³-hybridized carbons (Fsp3) is 0.238. The van der Waals surface area contributed by atoms with Gasteiger partial charge in [0, 0.05) is 30.3 Å². The molecule has 0 saturated carbocycles. The third-order valence-electron chi connectivity index (χ3n) is 5.25. The minimum absolute atomic E-state index is 0.193. The second-order valence-electron chi connectivity index (χ2n) is 7.04. The Morgan fingerprint density at radius 2 is 2.03 bits per heavy atom. The first-order chi connectivity index (χ1) is 14.2. The summed E-state index contributed by atoms with van der Waals surface area (Å²) in [6.07, 6.45) is 6.77. The van der Waals surface area contributed by atoms with E-state index < -0.39 is 0 Å². The second kappa shape index (κ2) is 7.44. The number of Topliss-reactive ketones (excluding diaryl/α,β-unsaturated/α-hetero) is 1. The summed E-state index contributed by atoms with van der Waals surface area (Å²) in [6, 6.07) is 10.2. The number of rotatable bonds is 4. The fourth-order valence-electron chi connectivity index (χ4n) is 3.87. The molecule has 0 spiro atoms. The van der Waals surface area contributed by atoms with Crippen molar-refractivity contribution in [2.75, 3.05) is 5.32 Å². The van der Waals surface area contributed by atoms with Gasteiger partial charge in [0.05, 0.1) is 12.0 Å². The molecule has 3 aromatic rings. The molecular formula is C21H18FN5OS. The van der Waals surface area contributed by atoms with Gasteiger partial charge >= 0.3 is 0 Å². The highest BCUT2D eigenvalue weighted by Crippen LogP contribution is 2.41. The molecule has 2 atom stereocenters. The minimum atomic E-state index is -0.315. The molecule has 2 unspecified atom stereocenters. The molecular weight excluding hydrogens is 389 g/mol. The van der Waals surface area contributed by atoms with Gasteiger partial charge in [0.1, 0.15) is 11.6 Å². The third-order valence-corrected chi connectivity index (χ3v) is 6.13. The van der Waals surface area contributed by atoms with Crippen LogP contribution in [0.5, 0.6) is 0 Å². The van der Waals surface area contributed by atoms with Crippen LogP contribution in [-0.4, -0.2) is 25.5 Å². The second-order valence-corrected chi connectivity index (χ2v) is 7.98. The van der Waals surface area contributed by atoms with E-state index in [0.29, 0.717) is 28.8 Å². The van der Waals surface area contributed by atoms with E-state index in [9.17, 15) is 9.18 Å². The molecule has 1 aliphatic heterocycles. The molecule has 0 amide bonds. The average Bonchev–Trinajstić information content (AvgIpc) is 3.15. The Bertz CT molecular complexity index is 1100. The van der Waals surface area contributed by atoms with Crippen LogP contribution in [0.2, 0.25) is 0 Å². The zero-order valence-electron chi connectivity index (χ0n) is 15.5. The van der Waals surface area contributed by atoms with Crippen molar-refractivity contribution >= 4 is 23.5 Å². The molecule has 0 radical (unpaired) electrons. The lowest BCUT2D eigenvalue weighted by atomic mass is 9.81. The van der Waals surface area contributed by atoms with Crippen molar-refractivity contribution < 1.29 is 9.18 Å². The molecule has 0 saturated heterocycles. The Hall–Kier alpha value is -3.00. The predicted molar refractivity (Wildman–Crippen MR) is 108 cm³/mol. The van der Waals surface area contributed by atoms with Crippen molar-refractivity contribution in [3.8, 4) is 0 Å². The Balaban J connectivity index is 1.51. The van der Waals surface area contributed by atoms with Gasteiger partial charge in [0.25, 0.3) is 0 Å². The average molecular weight is 407 g/mol. The highest BCUT2D eigenvalue weighted by Gasteiger charge is 2.41. The number of ketones is 1. The summed E-state index contributed by atoms with van der Waals surface area (Å²) in [7, 11) is 0. The molecule has 1 N–H and O–H groups in total. The first-order valence-electron chi connectivity index (χ1n) is 9.43. The zero-order chi connectivity index (χ0) is 19.8. The number of thioether (sulfide) groups is 1. The number of benzene rings is 1. The molecule has 2 aliphatic rings. The number of hydrogen-bond donors (Lipinski definition) is 1. The van der Waals surface area contributed by atoms with Gasteiger partial charge in [-0.3, -0.25) is 9.78 Å². The molecule has 8 heteroatoms. The normalized spacial score (nSPS) is 20.4. The van der Waals surface area contributed by atoms with Crippen molar-refractivity contribution in [2.45, 2.75) is 29.8 Å². The summed E-state index contributed by atoms with van der Waals surface area (Å²) in [5.41, 5.74) is 2.45. The largest absolute Gasteiger partial charge is 0.328 e. The number of fused-ring (bicyclic) bond motifs is 2. The number of pyridine rings is 1. The lowest BCUT2D eigenvalue weighted by Gasteiger charge is -2.36. The van der Waals surface area contributed by atoms with Crippen molar-refractivity contribution in [1.29, 1.82) is 0 Å². The highest BCUT2D eigenvalue weighted by atomic mass is 32.2. The zero-order valence-corrected chi connectivity index (χ0v) is 16.3. The van der Waals surface area contributed by atoms with Gasteiger partial charge in [-0.25, -0.2) is 9.07 Å². The first-order valence-corrected chi connectivity index (χ1v) is 10.4. The third kappa shape index (κ3) is 3.33.